The number of anilines is 1. The number of aryl methyl sites for hydroxylation is 2. The van der Waals surface area contributed by atoms with Gasteiger partial charge >= 0.3 is 0 Å². The van der Waals surface area contributed by atoms with Crippen LogP contribution in [0.15, 0.2) is 48.9 Å². The average molecular weight is 323 g/mol. The maximum atomic E-state index is 12.4. The quantitative estimate of drug-likeness (QED) is 0.785. The lowest BCUT2D eigenvalue weighted by Crippen LogP contribution is -2.25. The van der Waals surface area contributed by atoms with E-state index >= 15 is 0 Å². The number of hydrogen-bond donors (Lipinski definition) is 1. The van der Waals surface area contributed by atoms with Gasteiger partial charge in [-0.2, -0.15) is 10.2 Å². The summed E-state index contributed by atoms with van der Waals surface area (Å²) in [5, 5.41) is 11.4. The highest BCUT2D eigenvalue weighted by Gasteiger charge is 2.17. The molecule has 0 fully saturated rings. The van der Waals surface area contributed by atoms with Crippen molar-refractivity contribution < 1.29 is 4.79 Å². The minimum Gasteiger partial charge on any atom is -0.322 e. The fourth-order valence-corrected chi connectivity index (χ4v) is 2.66. The second kappa shape index (κ2) is 6.70. The molecule has 1 N–H and O–H groups in total. The van der Waals surface area contributed by atoms with Crippen molar-refractivity contribution in [2.24, 2.45) is 0 Å². The van der Waals surface area contributed by atoms with Gasteiger partial charge in [-0.25, -0.2) is 0 Å². The van der Waals surface area contributed by atoms with Gasteiger partial charge < -0.3 is 5.32 Å². The zero-order valence-corrected chi connectivity index (χ0v) is 14.1. The van der Waals surface area contributed by atoms with Crippen LogP contribution in [0, 0.1) is 13.8 Å². The summed E-state index contributed by atoms with van der Waals surface area (Å²) in [6, 6.07) is 9.80. The van der Waals surface area contributed by atoms with Crippen LogP contribution in [0.3, 0.4) is 0 Å². The van der Waals surface area contributed by atoms with E-state index in [1.165, 1.54) is 11.1 Å². The molecule has 2 heterocycles. The largest absolute Gasteiger partial charge is 0.322 e. The standard InChI is InChI=1S/C18H21N5O/c1-13-5-4-6-16(9-13)11-22-12-17(10-20-22)21-18(24)15(3)23-14(2)7-8-19-23/h4-10,12,15H,11H2,1-3H3,(H,21,24). The molecular weight excluding hydrogens is 302 g/mol. The molecule has 0 aliphatic carbocycles. The lowest BCUT2D eigenvalue weighted by Gasteiger charge is -2.13. The molecule has 0 aliphatic heterocycles. The number of aromatic nitrogens is 4. The zero-order valence-electron chi connectivity index (χ0n) is 14.1. The van der Waals surface area contributed by atoms with Crippen molar-refractivity contribution >= 4 is 11.6 Å². The van der Waals surface area contributed by atoms with Gasteiger partial charge in [0.2, 0.25) is 5.91 Å². The van der Waals surface area contributed by atoms with Crippen molar-refractivity contribution in [3.63, 3.8) is 0 Å². The van der Waals surface area contributed by atoms with Crippen molar-refractivity contribution in [2.45, 2.75) is 33.4 Å². The Labute approximate surface area is 141 Å². The summed E-state index contributed by atoms with van der Waals surface area (Å²) in [6.45, 7) is 6.49. The van der Waals surface area contributed by atoms with E-state index < -0.39 is 0 Å². The maximum Gasteiger partial charge on any atom is 0.249 e. The van der Waals surface area contributed by atoms with Crippen LogP contribution in [0.2, 0.25) is 0 Å². The molecule has 1 unspecified atom stereocenters. The Morgan fingerprint density at radius 3 is 2.79 bits per heavy atom. The van der Waals surface area contributed by atoms with Crippen LogP contribution >= 0.6 is 0 Å². The molecule has 6 heteroatoms. The van der Waals surface area contributed by atoms with E-state index in [9.17, 15) is 4.79 Å². The molecule has 0 radical (unpaired) electrons. The molecule has 0 aliphatic rings. The Hall–Kier alpha value is -2.89. The predicted octanol–water partition coefficient (Wildman–Crippen LogP) is 2.94. The molecule has 3 aromatic rings. The van der Waals surface area contributed by atoms with Gasteiger partial charge in [0, 0.05) is 18.1 Å². The summed E-state index contributed by atoms with van der Waals surface area (Å²) in [5.74, 6) is -0.114. The molecule has 0 spiro atoms. The summed E-state index contributed by atoms with van der Waals surface area (Å²) >= 11 is 0. The third-order valence-electron chi connectivity index (χ3n) is 3.94. The molecular formula is C18H21N5O. The normalized spacial score (nSPS) is 12.1. The van der Waals surface area contributed by atoms with Gasteiger partial charge in [0.25, 0.3) is 0 Å². The minimum atomic E-state index is -0.375. The van der Waals surface area contributed by atoms with Crippen LogP contribution in [0.25, 0.3) is 0 Å². The van der Waals surface area contributed by atoms with Crippen LogP contribution in [0.5, 0.6) is 0 Å². The monoisotopic (exact) mass is 323 g/mol. The van der Waals surface area contributed by atoms with Crippen LogP contribution in [-0.4, -0.2) is 25.5 Å². The van der Waals surface area contributed by atoms with E-state index in [0.29, 0.717) is 12.2 Å². The molecule has 1 aromatic carbocycles. The van der Waals surface area contributed by atoms with Gasteiger partial charge in [-0.3, -0.25) is 14.2 Å². The number of amides is 1. The third kappa shape index (κ3) is 3.53. The summed E-state index contributed by atoms with van der Waals surface area (Å²) in [4.78, 5) is 12.4. The van der Waals surface area contributed by atoms with Crippen molar-refractivity contribution in [3.05, 3.63) is 65.7 Å². The van der Waals surface area contributed by atoms with Crippen molar-refractivity contribution in [1.82, 2.24) is 19.6 Å². The first kappa shape index (κ1) is 16.0. The Morgan fingerprint density at radius 1 is 1.25 bits per heavy atom. The topological polar surface area (TPSA) is 64.7 Å². The SMILES string of the molecule is Cc1cccc(Cn2cc(NC(=O)C(C)n3nccc3C)cn2)c1. The van der Waals surface area contributed by atoms with Gasteiger partial charge in [-0.1, -0.05) is 29.8 Å². The first-order chi connectivity index (χ1) is 11.5. The minimum absolute atomic E-state index is 0.114. The fourth-order valence-electron chi connectivity index (χ4n) is 2.66. The van der Waals surface area contributed by atoms with Crippen LogP contribution < -0.4 is 5.32 Å². The van der Waals surface area contributed by atoms with Crippen LogP contribution in [0.4, 0.5) is 5.69 Å². The highest BCUT2D eigenvalue weighted by atomic mass is 16.2. The van der Waals surface area contributed by atoms with Crippen molar-refractivity contribution in [2.75, 3.05) is 5.32 Å². The van der Waals surface area contributed by atoms with E-state index in [1.807, 2.05) is 36.9 Å². The number of benzene rings is 1. The average Bonchev–Trinajstić information content (AvgIpc) is 3.15. The fraction of sp³-hybridized carbons (Fsp3) is 0.278. The van der Waals surface area contributed by atoms with Crippen molar-refractivity contribution in [1.29, 1.82) is 0 Å². The Balaban J connectivity index is 1.65. The van der Waals surface area contributed by atoms with E-state index in [1.54, 1.807) is 17.1 Å². The Kier molecular flexibility index (Phi) is 4.46. The first-order valence-corrected chi connectivity index (χ1v) is 7.92. The first-order valence-electron chi connectivity index (χ1n) is 7.92. The lowest BCUT2D eigenvalue weighted by molar-refractivity contribution is -0.119. The van der Waals surface area contributed by atoms with E-state index in [0.717, 1.165) is 5.69 Å². The maximum absolute atomic E-state index is 12.4. The summed E-state index contributed by atoms with van der Waals surface area (Å²) in [7, 11) is 0. The number of hydrogen-bond acceptors (Lipinski definition) is 3. The number of carbonyl (C=O) groups excluding carboxylic acids is 1. The van der Waals surface area contributed by atoms with E-state index in [4.69, 9.17) is 0 Å². The molecule has 0 bridgehead atoms. The molecule has 3 rings (SSSR count). The summed E-state index contributed by atoms with van der Waals surface area (Å²) in [6.07, 6.45) is 5.19. The number of rotatable bonds is 5. The summed E-state index contributed by atoms with van der Waals surface area (Å²) in [5.41, 5.74) is 4.03. The van der Waals surface area contributed by atoms with E-state index in [2.05, 4.69) is 40.6 Å². The van der Waals surface area contributed by atoms with Crippen molar-refractivity contribution in [3.8, 4) is 0 Å². The second-order valence-electron chi connectivity index (χ2n) is 6.00. The molecule has 0 saturated heterocycles. The van der Waals surface area contributed by atoms with Crippen LogP contribution in [0.1, 0.15) is 29.8 Å². The molecule has 6 nitrogen and oxygen atoms in total. The number of nitrogens with one attached hydrogen (secondary N) is 1. The Morgan fingerprint density at radius 2 is 2.08 bits per heavy atom. The number of carbonyl (C=O) groups is 1. The number of nitrogens with zero attached hydrogens (tertiary/aromatic N) is 4. The Bertz CT molecular complexity index is 848. The van der Waals surface area contributed by atoms with Gasteiger partial charge in [-0.15, -0.1) is 0 Å². The molecule has 124 valence electrons. The van der Waals surface area contributed by atoms with E-state index in [-0.39, 0.29) is 11.9 Å². The van der Waals surface area contributed by atoms with Gasteiger partial charge in [0.15, 0.2) is 0 Å². The third-order valence-corrected chi connectivity index (χ3v) is 3.94. The smallest absolute Gasteiger partial charge is 0.249 e. The second-order valence-corrected chi connectivity index (χ2v) is 6.00. The van der Waals surface area contributed by atoms with Crippen LogP contribution in [-0.2, 0) is 11.3 Å². The molecule has 24 heavy (non-hydrogen) atoms. The molecule has 1 atom stereocenters. The molecule has 2 aromatic heterocycles. The predicted molar refractivity (Wildman–Crippen MR) is 92.8 cm³/mol. The molecule has 0 saturated carbocycles. The van der Waals surface area contributed by atoms with Gasteiger partial charge in [0.05, 0.1) is 18.4 Å². The molecule has 1 amide bonds. The zero-order chi connectivity index (χ0) is 17.1. The van der Waals surface area contributed by atoms with Gasteiger partial charge in [0.1, 0.15) is 6.04 Å². The highest BCUT2D eigenvalue weighted by molar-refractivity contribution is 5.93. The highest BCUT2D eigenvalue weighted by Crippen LogP contribution is 2.13. The lowest BCUT2D eigenvalue weighted by atomic mass is 10.1. The summed E-state index contributed by atoms with van der Waals surface area (Å²) < 4.78 is 3.51. The van der Waals surface area contributed by atoms with Gasteiger partial charge in [-0.05, 0) is 32.4 Å².